The molecule has 0 aliphatic heterocycles. The maximum atomic E-state index is 12.5. The van der Waals surface area contributed by atoms with Crippen molar-refractivity contribution in [2.24, 2.45) is 5.10 Å². The molecule has 1 amide bonds. The number of aryl methyl sites for hydroxylation is 1. The molecule has 0 bridgehead atoms. The number of carbonyl (C=O) groups excluding carboxylic acids is 1. The maximum absolute atomic E-state index is 12.5. The molecule has 1 aromatic heterocycles. The van der Waals surface area contributed by atoms with E-state index in [-0.39, 0.29) is 16.9 Å². The molecule has 0 aliphatic rings. The third-order valence-corrected chi connectivity index (χ3v) is 3.87. The Balaban J connectivity index is 1.85. The zero-order valence-corrected chi connectivity index (χ0v) is 14.3. The van der Waals surface area contributed by atoms with Crippen LogP contribution in [0.3, 0.4) is 0 Å². The molecule has 9 nitrogen and oxygen atoms in total. The lowest BCUT2D eigenvalue weighted by Gasteiger charge is -2.08. The quantitative estimate of drug-likeness (QED) is 0.422. The Morgan fingerprint density at radius 2 is 1.89 bits per heavy atom. The van der Waals surface area contributed by atoms with E-state index in [0.717, 1.165) is 0 Å². The topological polar surface area (TPSA) is 119 Å². The van der Waals surface area contributed by atoms with Crippen molar-refractivity contribution in [2.45, 2.75) is 13.5 Å². The van der Waals surface area contributed by atoms with Crippen molar-refractivity contribution >= 4 is 28.6 Å². The van der Waals surface area contributed by atoms with Gasteiger partial charge in [0, 0.05) is 24.1 Å². The number of non-ortho nitro benzene ring substituents is 1. The van der Waals surface area contributed by atoms with Crippen molar-refractivity contribution in [1.29, 1.82) is 0 Å². The van der Waals surface area contributed by atoms with E-state index in [4.69, 9.17) is 0 Å². The fourth-order valence-corrected chi connectivity index (χ4v) is 2.52. The van der Waals surface area contributed by atoms with E-state index in [1.165, 1.54) is 35.2 Å². The summed E-state index contributed by atoms with van der Waals surface area (Å²) in [4.78, 5) is 34.9. The average molecular weight is 365 g/mol. The molecular weight excluding hydrogens is 350 g/mol. The smallest absolute Gasteiger partial charge is 0.267 e. The minimum Gasteiger partial charge on any atom is -0.267 e. The normalized spacial score (nSPS) is 11.0. The highest BCUT2D eigenvalue weighted by Crippen LogP contribution is 2.13. The van der Waals surface area contributed by atoms with Gasteiger partial charge in [-0.05, 0) is 30.7 Å². The van der Waals surface area contributed by atoms with Crippen molar-refractivity contribution in [3.05, 3.63) is 80.3 Å². The molecular formula is C18H15N5O4. The molecule has 136 valence electrons. The minimum absolute atomic E-state index is 0.0336. The van der Waals surface area contributed by atoms with Crippen molar-refractivity contribution in [3.8, 4) is 0 Å². The summed E-state index contributed by atoms with van der Waals surface area (Å²) >= 11 is 0. The van der Waals surface area contributed by atoms with Gasteiger partial charge in [0.25, 0.3) is 17.2 Å². The number of carbonyl (C=O) groups is 1. The highest BCUT2D eigenvalue weighted by Gasteiger charge is 2.15. The third kappa shape index (κ3) is 3.71. The Bertz CT molecular complexity index is 1100. The first-order valence-electron chi connectivity index (χ1n) is 8.09. The molecule has 0 radical (unpaired) electrons. The largest absolute Gasteiger partial charge is 0.292 e. The predicted octanol–water partition coefficient (Wildman–Crippen LogP) is 2.09. The van der Waals surface area contributed by atoms with E-state index in [9.17, 15) is 19.7 Å². The van der Waals surface area contributed by atoms with E-state index in [1.54, 1.807) is 31.2 Å². The summed E-state index contributed by atoms with van der Waals surface area (Å²) in [5.74, 6) is -0.563. The van der Waals surface area contributed by atoms with Crippen LogP contribution in [0.1, 0.15) is 23.0 Å². The zero-order valence-electron chi connectivity index (χ0n) is 14.3. The highest BCUT2D eigenvalue weighted by molar-refractivity contribution is 6.04. The summed E-state index contributed by atoms with van der Waals surface area (Å²) in [6, 6.07) is 12.4. The number of nitrogens with zero attached hydrogens (tertiary/aromatic N) is 4. The molecule has 1 N–H and O–H groups in total. The number of hydrogen-bond donors (Lipinski definition) is 1. The number of nitro benzene ring substituents is 1. The van der Waals surface area contributed by atoms with Crippen molar-refractivity contribution in [3.63, 3.8) is 0 Å². The van der Waals surface area contributed by atoms with Crippen LogP contribution in [0.5, 0.6) is 0 Å². The Morgan fingerprint density at radius 1 is 1.22 bits per heavy atom. The predicted molar refractivity (Wildman–Crippen MR) is 99.8 cm³/mol. The van der Waals surface area contributed by atoms with E-state index < -0.39 is 10.8 Å². The number of nitrogens with one attached hydrogen (secondary N) is 1. The second kappa shape index (κ2) is 7.56. The number of rotatable bonds is 5. The lowest BCUT2D eigenvalue weighted by Crippen LogP contribution is -2.28. The van der Waals surface area contributed by atoms with Crippen LogP contribution < -0.4 is 11.0 Å². The first-order chi connectivity index (χ1) is 13.0. The number of amides is 1. The molecule has 0 fully saturated rings. The summed E-state index contributed by atoms with van der Waals surface area (Å²) in [5.41, 5.74) is 2.74. The molecule has 0 spiro atoms. The Labute approximate surface area is 153 Å². The number of hydrogen-bond acceptors (Lipinski definition) is 6. The molecule has 0 atom stereocenters. The SMILES string of the molecule is CCn1nc(C(=O)N/N=C\c2ccc([N+](=O)[O-])cc2)c2ccccc2c1=O. The second-order valence-electron chi connectivity index (χ2n) is 5.56. The molecule has 0 saturated heterocycles. The van der Waals surface area contributed by atoms with Gasteiger partial charge in [-0.2, -0.15) is 10.2 Å². The summed E-state index contributed by atoms with van der Waals surface area (Å²) in [5, 5.41) is 19.5. The summed E-state index contributed by atoms with van der Waals surface area (Å²) in [7, 11) is 0. The minimum atomic E-state index is -0.563. The molecule has 2 aromatic carbocycles. The van der Waals surface area contributed by atoms with Crippen LogP contribution in [0, 0.1) is 10.1 Å². The second-order valence-corrected chi connectivity index (χ2v) is 5.56. The van der Waals surface area contributed by atoms with E-state index in [1.807, 2.05) is 0 Å². The molecule has 0 unspecified atom stereocenters. The standard InChI is InChI=1S/C18H15N5O4/c1-2-22-18(25)15-6-4-3-5-14(15)16(21-22)17(24)20-19-11-12-7-9-13(10-8-12)23(26)27/h3-11H,2H2,1H3,(H,20,24)/b19-11-. The fourth-order valence-electron chi connectivity index (χ4n) is 2.52. The first kappa shape index (κ1) is 17.9. The summed E-state index contributed by atoms with van der Waals surface area (Å²) < 4.78 is 1.22. The van der Waals surface area contributed by atoms with Crippen molar-refractivity contribution < 1.29 is 9.72 Å². The molecule has 3 rings (SSSR count). The highest BCUT2D eigenvalue weighted by atomic mass is 16.6. The summed E-state index contributed by atoms with van der Waals surface area (Å²) in [6.07, 6.45) is 1.36. The third-order valence-electron chi connectivity index (χ3n) is 3.87. The van der Waals surface area contributed by atoms with Crippen LogP contribution in [0.4, 0.5) is 5.69 Å². The van der Waals surface area contributed by atoms with Gasteiger partial charge in [-0.25, -0.2) is 10.1 Å². The van der Waals surface area contributed by atoms with Gasteiger partial charge in [-0.15, -0.1) is 0 Å². The van der Waals surface area contributed by atoms with Crippen LogP contribution in [0.15, 0.2) is 58.4 Å². The van der Waals surface area contributed by atoms with Crippen molar-refractivity contribution in [2.75, 3.05) is 0 Å². The lowest BCUT2D eigenvalue weighted by atomic mass is 10.1. The number of nitro groups is 1. The Kier molecular flexibility index (Phi) is 5.02. The van der Waals surface area contributed by atoms with Gasteiger partial charge in [0.05, 0.1) is 16.5 Å². The van der Waals surface area contributed by atoms with E-state index in [0.29, 0.717) is 22.9 Å². The van der Waals surface area contributed by atoms with Gasteiger partial charge < -0.3 is 0 Å². The van der Waals surface area contributed by atoms with Gasteiger partial charge in [0.1, 0.15) is 0 Å². The van der Waals surface area contributed by atoms with Crippen molar-refractivity contribution in [1.82, 2.24) is 15.2 Å². The Morgan fingerprint density at radius 3 is 2.52 bits per heavy atom. The van der Waals surface area contributed by atoms with E-state index in [2.05, 4.69) is 15.6 Å². The van der Waals surface area contributed by atoms with Crippen LogP contribution in [0.25, 0.3) is 10.8 Å². The van der Waals surface area contributed by atoms with Crippen LogP contribution in [0.2, 0.25) is 0 Å². The molecule has 3 aromatic rings. The first-order valence-corrected chi connectivity index (χ1v) is 8.09. The number of benzene rings is 2. The van der Waals surface area contributed by atoms with Gasteiger partial charge >= 0.3 is 0 Å². The fraction of sp³-hybridized carbons (Fsp3) is 0.111. The zero-order chi connectivity index (χ0) is 19.4. The average Bonchev–Trinajstić information content (AvgIpc) is 2.69. The molecule has 27 heavy (non-hydrogen) atoms. The van der Waals surface area contributed by atoms with Gasteiger partial charge in [0.15, 0.2) is 5.69 Å². The van der Waals surface area contributed by atoms with E-state index >= 15 is 0 Å². The van der Waals surface area contributed by atoms with Gasteiger partial charge in [-0.1, -0.05) is 18.2 Å². The number of aromatic nitrogens is 2. The molecule has 0 aliphatic carbocycles. The molecule has 0 saturated carbocycles. The summed E-state index contributed by atoms with van der Waals surface area (Å²) in [6.45, 7) is 2.09. The van der Waals surface area contributed by atoms with Crippen LogP contribution in [-0.2, 0) is 6.54 Å². The van der Waals surface area contributed by atoms with Gasteiger partial charge in [0.2, 0.25) is 0 Å². The van der Waals surface area contributed by atoms with Crippen LogP contribution in [-0.4, -0.2) is 26.8 Å². The van der Waals surface area contributed by atoms with Crippen LogP contribution >= 0.6 is 0 Å². The monoisotopic (exact) mass is 365 g/mol. The Hall–Kier alpha value is -3.88. The number of hydrazone groups is 1. The number of fused-ring (bicyclic) bond motifs is 1. The maximum Gasteiger partial charge on any atom is 0.292 e. The molecule has 1 heterocycles. The lowest BCUT2D eigenvalue weighted by molar-refractivity contribution is -0.384. The van der Waals surface area contributed by atoms with Gasteiger partial charge in [-0.3, -0.25) is 19.7 Å². The molecule has 9 heteroatoms.